The van der Waals surface area contributed by atoms with Crippen molar-refractivity contribution < 1.29 is 37.1 Å². The molecule has 53 heavy (non-hydrogen) atoms. The number of epoxide rings is 2. The second kappa shape index (κ2) is 12.5. The van der Waals surface area contributed by atoms with Crippen LogP contribution in [0.2, 0.25) is 0 Å². The predicted octanol–water partition coefficient (Wildman–Crippen LogP) is 8.77. The average molecular weight is 741 g/mol. The molecule has 0 aromatic heterocycles. The maximum absolute atomic E-state index is 17.1. The summed E-state index contributed by atoms with van der Waals surface area (Å²) in [6, 6.07) is 44.9. The Balaban J connectivity index is 1.29. The zero-order chi connectivity index (χ0) is 35.6. The van der Waals surface area contributed by atoms with Crippen LogP contribution in [0.5, 0.6) is 23.0 Å². The fraction of sp³-hybridized carbons (Fsp3) is 0.163. The summed E-state index contributed by atoms with van der Waals surface area (Å²) in [4.78, 5) is -1.93. The maximum atomic E-state index is 17.1. The molecule has 4 heterocycles. The third-order valence-electron chi connectivity index (χ3n) is 10.3. The molecule has 10 heteroatoms. The van der Waals surface area contributed by atoms with Gasteiger partial charge in [-0.2, -0.15) is 0 Å². The van der Waals surface area contributed by atoms with E-state index in [1.807, 2.05) is 146 Å². The first-order chi connectivity index (χ1) is 26.0. The molecule has 2 saturated heterocycles. The van der Waals surface area contributed by atoms with Crippen LogP contribution in [-0.2, 0) is 23.5 Å². The standard InChI is InChI=1S/C43H34O8P2/c44-52(41-15-7-3-11-37(41)35-9-1-5-13-39(35)50-52)43(29-17-21-31(22-18-29)46-25-33-27-48-33,30-19-23-32(24-20-30)47-26-34-28-49-34)53(45)42-16-8-4-12-38(42)36-10-2-6-14-40(36)51-53/h1-24,33-34H,25-28H2. The highest BCUT2D eigenvalue weighted by atomic mass is 31.2. The van der Waals surface area contributed by atoms with Gasteiger partial charge in [0.1, 0.15) is 48.4 Å². The lowest BCUT2D eigenvalue weighted by atomic mass is 10.0. The second-order valence-corrected chi connectivity index (χ2v) is 18.8. The quantitative estimate of drug-likeness (QED) is 0.102. The summed E-state index contributed by atoms with van der Waals surface area (Å²) < 4.78 is 71.1. The van der Waals surface area contributed by atoms with Crippen LogP contribution < -0.4 is 29.1 Å². The largest absolute Gasteiger partial charge is 0.491 e. The lowest BCUT2D eigenvalue weighted by Crippen LogP contribution is -2.42. The molecular formula is C43H34O8P2. The molecule has 0 radical (unpaired) electrons. The summed E-state index contributed by atoms with van der Waals surface area (Å²) in [6.07, 6.45) is 0.124. The SMILES string of the molecule is O=P1(C(c2ccc(OCC3CO3)cc2)(c2ccc(OCC3CO3)cc2)P2(=O)Oc3ccccc3-c3ccccc32)Oc2ccccc2-c2ccccc21. The third kappa shape index (κ3) is 5.20. The first kappa shape index (κ1) is 32.5. The molecule has 0 N–H and O–H groups in total. The minimum Gasteiger partial charge on any atom is -0.491 e. The molecule has 4 aliphatic heterocycles. The van der Waals surface area contributed by atoms with Crippen LogP contribution in [0.4, 0.5) is 0 Å². The van der Waals surface area contributed by atoms with E-state index in [1.165, 1.54) is 0 Å². The number of benzene rings is 6. The molecule has 4 unspecified atom stereocenters. The number of para-hydroxylation sites is 2. The van der Waals surface area contributed by atoms with Crippen molar-refractivity contribution >= 4 is 25.3 Å². The van der Waals surface area contributed by atoms with Gasteiger partial charge in [0.15, 0.2) is 0 Å². The Labute approximate surface area is 307 Å². The molecule has 10 rings (SSSR count). The molecule has 6 aromatic rings. The van der Waals surface area contributed by atoms with Crippen LogP contribution in [-0.4, -0.2) is 38.6 Å². The fourth-order valence-corrected chi connectivity index (χ4v) is 15.5. The Morgan fingerprint density at radius 2 is 0.849 bits per heavy atom. The van der Waals surface area contributed by atoms with Gasteiger partial charge >= 0.3 is 14.7 Å². The van der Waals surface area contributed by atoms with Crippen molar-refractivity contribution in [3.05, 3.63) is 157 Å². The minimum absolute atomic E-state index is 0.0621. The molecule has 0 spiro atoms. The van der Waals surface area contributed by atoms with Crippen molar-refractivity contribution in [2.45, 2.75) is 17.1 Å². The van der Waals surface area contributed by atoms with Gasteiger partial charge in [-0.25, -0.2) is 0 Å². The van der Waals surface area contributed by atoms with Crippen molar-refractivity contribution in [3.63, 3.8) is 0 Å². The van der Waals surface area contributed by atoms with Crippen LogP contribution in [0.15, 0.2) is 146 Å². The summed E-state index contributed by atoms with van der Waals surface area (Å²) in [5, 5.41) is 0.901. The molecule has 264 valence electrons. The number of hydrogen-bond donors (Lipinski definition) is 0. The predicted molar refractivity (Wildman–Crippen MR) is 204 cm³/mol. The summed E-state index contributed by atoms with van der Waals surface area (Å²) in [6.45, 7) is 2.15. The van der Waals surface area contributed by atoms with Crippen LogP contribution in [0.3, 0.4) is 0 Å². The van der Waals surface area contributed by atoms with Crippen molar-refractivity contribution in [1.29, 1.82) is 0 Å². The van der Waals surface area contributed by atoms with Gasteiger partial charge in [-0.1, -0.05) is 97.1 Å². The van der Waals surface area contributed by atoms with E-state index >= 15 is 9.13 Å². The van der Waals surface area contributed by atoms with Gasteiger partial charge in [0.2, 0.25) is 4.90 Å². The second-order valence-electron chi connectivity index (χ2n) is 13.6. The lowest BCUT2D eigenvalue weighted by Gasteiger charge is -2.48. The molecule has 4 atom stereocenters. The fourth-order valence-electron chi connectivity index (χ4n) is 7.60. The number of fused-ring (bicyclic) bond motifs is 6. The smallest absolute Gasteiger partial charge is 0.303 e. The van der Waals surface area contributed by atoms with Crippen LogP contribution in [0, 0.1) is 0 Å². The van der Waals surface area contributed by atoms with Crippen LogP contribution >= 0.6 is 14.7 Å². The topological polar surface area (TPSA) is 96.1 Å². The Kier molecular flexibility index (Phi) is 7.68. The van der Waals surface area contributed by atoms with Crippen molar-refractivity contribution in [3.8, 4) is 45.3 Å². The molecule has 0 bridgehead atoms. The lowest BCUT2D eigenvalue weighted by molar-refractivity contribution is 0.263. The number of rotatable bonds is 10. The van der Waals surface area contributed by atoms with Gasteiger partial charge < -0.3 is 28.0 Å². The van der Waals surface area contributed by atoms with E-state index in [4.69, 9.17) is 28.0 Å². The zero-order valence-electron chi connectivity index (χ0n) is 28.5. The van der Waals surface area contributed by atoms with Crippen LogP contribution in [0.25, 0.3) is 22.3 Å². The maximum Gasteiger partial charge on any atom is 0.303 e. The average Bonchev–Trinajstić information content (AvgIpc) is 4.15. The van der Waals surface area contributed by atoms with E-state index in [0.29, 0.717) is 71.2 Å². The highest BCUT2D eigenvalue weighted by Gasteiger charge is 2.70. The Hall–Kier alpha value is -5.10. The zero-order valence-corrected chi connectivity index (χ0v) is 30.3. The molecule has 2 fully saturated rings. The summed E-state index contributed by atoms with van der Waals surface area (Å²) in [7, 11) is -8.81. The van der Waals surface area contributed by atoms with Crippen LogP contribution in [0.1, 0.15) is 11.1 Å². The molecule has 8 nitrogen and oxygen atoms in total. The monoisotopic (exact) mass is 740 g/mol. The van der Waals surface area contributed by atoms with Gasteiger partial charge in [0, 0.05) is 11.1 Å². The van der Waals surface area contributed by atoms with Crippen molar-refractivity contribution in [2.75, 3.05) is 26.4 Å². The molecule has 6 aromatic carbocycles. The molecular weight excluding hydrogens is 706 g/mol. The third-order valence-corrected chi connectivity index (χ3v) is 17.6. The van der Waals surface area contributed by atoms with Gasteiger partial charge in [-0.3, -0.25) is 9.13 Å². The van der Waals surface area contributed by atoms with Gasteiger partial charge in [0.05, 0.1) is 23.8 Å². The van der Waals surface area contributed by atoms with E-state index in [-0.39, 0.29) is 12.2 Å². The highest BCUT2D eigenvalue weighted by molar-refractivity contribution is 7.86. The van der Waals surface area contributed by atoms with Gasteiger partial charge in [0.25, 0.3) is 0 Å². The van der Waals surface area contributed by atoms with Crippen molar-refractivity contribution in [1.82, 2.24) is 0 Å². The first-order valence-corrected chi connectivity index (χ1v) is 20.9. The van der Waals surface area contributed by atoms with Crippen molar-refractivity contribution in [2.24, 2.45) is 0 Å². The number of ether oxygens (including phenoxy) is 4. The van der Waals surface area contributed by atoms with E-state index in [9.17, 15) is 0 Å². The summed E-state index contributed by atoms with van der Waals surface area (Å²) in [5.74, 6) is 2.08. The Morgan fingerprint density at radius 3 is 1.25 bits per heavy atom. The normalized spacial score (nSPS) is 24.1. The van der Waals surface area contributed by atoms with Gasteiger partial charge in [-0.15, -0.1) is 0 Å². The Bertz CT molecular complexity index is 2280. The molecule has 0 aliphatic carbocycles. The molecule has 0 saturated carbocycles. The van der Waals surface area contributed by atoms with E-state index < -0.39 is 19.6 Å². The number of hydrogen-bond acceptors (Lipinski definition) is 8. The minimum atomic E-state index is -4.40. The Morgan fingerprint density at radius 1 is 0.491 bits per heavy atom. The molecule has 0 amide bonds. The van der Waals surface area contributed by atoms with E-state index in [0.717, 1.165) is 22.3 Å². The van der Waals surface area contributed by atoms with E-state index in [2.05, 4.69) is 0 Å². The first-order valence-electron chi connectivity index (χ1n) is 17.7. The van der Waals surface area contributed by atoms with E-state index in [1.54, 1.807) is 0 Å². The van der Waals surface area contributed by atoms with Gasteiger partial charge in [-0.05, 0) is 70.8 Å². The summed E-state index contributed by atoms with van der Waals surface area (Å²) in [5.41, 5.74) is 4.06. The molecule has 4 aliphatic rings. The highest BCUT2D eigenvalue weighted by Crippen LogP contribution is 2.84. The summed E-state index contributed by atoms with van der Waals surface area (Å²) >= 11 is 0.